The minimum atomic E-state index is -0.475. The first-order chi connectivity index (χ1) is 3.42. The lowest BCUT2D eigenvalue weighted by Gasteiger charge is -2.17. The maximum atomic E-state index is 10.1. The molecule has 3 nitrogen and oxygen atoms in total. The largest absolute Gasteiger partial charge is 0.352 e. The Balaban J connectivity index is 0. The van der Waals surface area contributed by atoms with E-state index in [-0.39, 0.29) is 16.5 Å². The molecule has 0 aliphatic heterocycles. The minimum Gasteiger partial charge on any atom is -0.352 e. The topological polar surface area (TPSA) is 55.1 Å². The summed E-state index contributed by atoms with van der Waals surface area (Å²) >= 11 is 0. The monoisotopic (exact) mass is 148 g/mol. The molecule has 0 unspecified atom stereocenters. The van der Waals surface area contributed by atoms with Gasteiger partial charge in [0.25, 0.3) is 0 Å². The van der Waals surface area contributed by atoms with Gasteiger partial charge in [0.15, 0.2) is 0 Å². The molecule has 0 aromatic carbocycles. The molecular formula is C5H16N2OSi. The molecule has 0 saturated carbocycles. The fourth-order valence-corrected chi connectivity index (χ4v) is 0.370. The SMILES string of the molecule is CC(C)(C)NC(N)=O.[SiH4]. The van der Waals surface area contributed by atoms with Gasteiger partial charge in [-0.05, 0) is 31.7 Å². The van der Waals surface area contributed by atoms with Crippen LogP contribution in [-0.2, 0) is 0 Å². The second kappa shape index (κ2) is 3.50. The van der Waals surface area contributed by atoms with Crippen LogP contribution >= 0.6 is 0 Å². The third-order valence-electron chi connectivity index (χ3n) is 0.498. The minimum absolute atomic E-state index is 0. The van der Waals surface area contributed by atoms with Crippen molar-refractivity contribution in [2.75, 3.05) is 0 Å². The molecule has 56 valence electrons. The molecule has 9 heavy (non-hydrogen) atoms. The normalized spacial score (nSPS) is 9.67. The first-order valence-corrected chi connectivity index (χ1v) is 2.49. The molecule has 0 rings (SSSR count). The lowest BCUT2D eigenvalue weighted by Crippen LogP contribution is -2.43. The van der Waals surface area contributed by atoms with Crippen molar-refractivity contribution in [1.82, 2.24) is 5.32 Å². The van der Waals surface area contributed by atoms with Crippen LogP contribution in [0.3, 0.4) is 0 Å². The van der Waals surface area contributed by atoms with E-state index in [1.54, 1.807) is 0 Å². The smallest absolute Gasteiger partial charge is 0.312 e. The van der Waals surface area contributed by atoms with Crippen molar-refractivity contribution in [3.05, 3.63) is 0 Å². The van der Waals surface area contributed by atoms with Crippen molar-refractivity contribution in [3.8, 4) is 0 Å². The molecule has 2 amide bonds. The van der Waals surface area contributed by atoms with E-state index in [2.05, 4.69) is 5.32 Å². The molecule has 3 N–H and O–H groups in total. The summed E-state index contributed by atoms with van der Waals surface area (Å²) in [6, 6.07) is -0.475. The zero-order valence-corrected chi connectivity index (χ0v) is 5.49. The zero-order chi connectivity index (χ0) is 6.78. The average molecular weight is 148 g/mol. The van der Waals surface area contributed by atoms with Crippen LogP contribution in [0, 0.1) is 0 Å². The summed E-state index contributed by atoms with van der Waals surface area (Å²) in [6.45, 7) is 5.62. The molecule has 0 heterocycles. The molecule has 0 fully saturated rings. The fraction of sp³-hybridized carbons (Fsp3) is 0.800. The summed E-state index contributed by atoms with van der Waals surface area (Å²) in [4.78, 5) is 10.1. The molecule has 4 heteroatoms. The van der Waals surface area contributed by atoms with Crippen molar-refractivity contribution in [3.63, 3.8) is 0 Å². The lowest BCUT2D eigenvalue weighted by molar-refractivity contribution is 0.240. The Hall–Kier alpha value is -0.513. The summed E-state index contributed by atoms with van der Waals surface area (Å²) in [5.74, 6) is 0. The van der Waals surface area contributed by atoms with Gasteiger partial charge in [0.1, 0.15) is 0 Å². The highest BCUT2D eigenvalue weighted by Gasteiger charge is 2.09. The van der Waals surface area contributed by atoms with E-state index in [1.807, 2.05) is 20.8 Å². The van der Waals surface area contributed by atoms with Crippen LogP contribution in [0.25, 0.3) is 0 Å². The van der Waals surface area contributed by atoms with Gasteiger partial charge in [0.05, 0.1) is 0 Å². The molecule has 0 aliphatic rings. The number of carbonyl (C=O) groups is 1. The van der Waals surface area contributed by atoms with Crippen molar-refractivity contribution in [2.24, 2.45) is 5.73 Å². The van der Waals surface area contributed by atoms with Gasteiger partial charge in [-0.1, -0.05) is 0 Å². The van der Waals surface area contributed by atoms with Gasteiger partial charge in [0, 0.05) is 5.54 Å². The van der Waals surface area contributed by atoms with E-state index in [0.717, 1.165) is 0 Å². The fourth-order valence-electron chi connectivity index (χ4n) is 0.370. The molecule has 0 aliphatic carbocycles. The predicted octanol–water partition coefficient (Wildman–Crippen LogP) is -0.998. The summed E-state index contributed by atoms with van der Waals surface area (Å²) in [5.41, 5.74) is 4.63. The van der Waals surface area contributed by atoms with Crippen molar-refractivity contribution < 1.29 is 4.79 Å². The second-order valence-electron chi connectivity index (χ2n) is 2.74. The number of urea groups is 1. The summed E-state index contributed by atoms with van der Waals surface area (Å²) in [6.07, 6.45) is 0. The Morgan fingerprint density at radius 2 is 1.78 bits per heavy atom. The Bertz CT molecular complexity index is 97.6. The van der Waals surface area contributed by atoms with E-state index in [4.69, 9.17) is 5.73 Å². The molecule has 0 saturated heterocycles. The summed E-state index contributed by atoms with van der Waals surface area (Å²) < 4.78 is 0. The van der Waals surface area contributed by atoms with Crippen LogP contribution in [0.4, 0.5) is 4.79 Å². The van der Waals surface area contributed by atoms with Crippen LogP contribution in [0.2, 0.25) is 0 Å². The van der Waals surface area contributed by atoms with E-state index in [1.165, 1.54) is 0 Å². The van der Waals surface area contributed by atoms with Crippen molar-refractivity contribution >= 4 is 17.0 Å². The highest BCUT2D eigenvalue weighted by Crippen LogP contribution is 1.95. The standard InChI is InChI=1S/C5H12N2O.H4Si/c1-5(2,3)7-4(6)8;/h1-3H3,(H3,6,7,8);1H4. The molecule has 0 bridgehead atoms. The van der Waals surface area contributed by atoms with E-state index in [0.29, 0.717) is 0 Å². The van der Waals surface area contributed by atoms with Crippen LogP contribution in [0.1, 0.15) is 20.8 Å². The number of nitrogens with two attached hydrogens (primary N) is 1. The van der Waals surface area contributed by atoms with Gasteiger partial charge in [-0.3, -0.25) is 0 Å². The predicted molar refractivity (Wildman–Crippen MR) is 43.8 cm³/mol. The second-order valence-corrected chi connectivity index (χ2v) is 2.74. The molecule has 0 atom stereocenters. The highest BCUT2D eigenvalue weighted by atomic mass is 28.1. The van der Waals surface area contributed by atoms with E-state index in [9.17, 15) is 4.79 Å². The van der Waals surface area contributed by atoms with Gasteiger partial charge in [-0.2, -0.15) is 0 Å². The molecular weight excluding hydrogens is 132 g/mol. The number of hydrogen-bond acceptors (Lipinski definition) is 1. The van der Waals surface area contributed by atoms with Gasteiger partial charge in [-0.25, -0.2) is 4.79 Å². The van der Waals surface area contributed by atoms with Crippen LogP contribution in [-0.4, -0.2) is 22.5 Å². The highest BCUT2D eigenvalue weighted by molar-refractivity contribution is 5.75. The van der Waals surface area contributed by atoms with Gasteiger partial charge < -0.3 is 11.1 Å². The average Bonchev–Trinajstić information content (AvgIpc) is 1.21. The zero-order valence-electron chi connectivity index (χ0n) is 5.49. The maximum absolute atomic E-state index is 10.1. The Labute approximate surface area is 60.0 Å². The molecule has 0 radical (unpaired) electrons. The third-order valence-corrected chi connectivity index (χ3v) is 0.498. The Morgan fingerprint density at radius 3 is 1.78 bits per heavy atom. The number of carbonyl (C=O) groups excluding carboxylic acids is 1. The number of hydrogen-bond donors (Lipinski definition) is 2. The number of primary amides is 1. The maximum Gasteiger partial charge on any atom is 0.312 e. The van der Waals surface area contributed by atoms with Gasteiger partial charge in [0.2, 0.25) is 0 Å². The first kappa shape index (κ1) is 11.3. The summed E-state index contributed by atoms with van der Waals surface area (Å²) in [7, 11) is 0. The van der Waals surface area contributed by atoms with E-state index >= 15 is 0 Å². The molecule has 0 aromatic rings. The van der Waals surface area contributed by atoms with Gasteiger partial charge in [-0.15, -0.1) is 0 Å². The molecule has 0 spiro atoms. The van der Waals surface area contributed by atoms with Crippen molar-refractivity contribution in [1.29, 1.82) is 0 Å². The lowest BCUT2D eigenvalue weighted by atomic mass is 10.1. The van der Waals surface area contributed by atoms with Crippen LogP contribution < -0.4 is 11.1 Å². The summed E-state index contributed by atoms with van der Waals surface area (Å²) in [5, 5.41) is 2.52. The van der Waals surface area contributed by atoms with Crippen molar-refractivity contribution in [2.45, 2.75) is 26.3 Å². The quantitative estimate of drug-likeness (QED) is 0.425. The van der Waals surface area contributed by atoms with E-state index < -0.39 is 6.03 Å². The Morgan fingerprint density at radius 1 is 1.44 bits per heavy atom. The van der Waals surface area contributed by atoms with Crippen LogP contribution in [0.5, 0.6) is 0 Å². The third kappa shape index (κ3) is 11.2. The van der Waals surface area contributed by atoms with Crippen LogP contribution in [0.15, 0.2) is 0 Å². The molecule has 0 aromatic heterocycles. The van der Waals surface area contributed by atoms with Gasteiger partial charge >= 0.3 is 6.03 Å². The Kier molecular flexibility index (Phi) is 4.40. The number of rotatable bonds is 0. The number of nitrogens with one attached hydrogen (secondary N) is 1. The first-order valence-electron chi connectivity index (χ1n) is 2.49. The number of amides is 2.